The summed E-state index contributed by atoms with van der Waals surface area (Å²) in [5.74, 6) is -1.09. The number of carboxylic acid groups (broad SMARTS) is 1. The topological polar surface area (TPSA) is 44.0 Å². The van der Waals surface area contributed by atoms with Crippen molar-refractivity contribution in [2.75, 3.05) is 0 Å². The van der Waals surface area contributed by atoms with E-state index in [1.165, 1.54) is 0 Å². The highest BCUT2D eigenvalue weighted by molar-refractivity contribution is 5.66. The van der Waals surface area contributed by atoms with Crippen molar-refractivity contribution in [2.24, 2.45) is 0 Å². The number of hydrogen-bond donors (Lipinski definition) is 0. The molecule has 0 fully saturated rings. The second kappa shape index (κ2) is 3.85. The lowest BCUT2D eigenvalue weighted by molar-refractivity contribution is -0.712. The van der Waals surface area contributed by atoms with Crippen LogP contribution in [0.5, 0.6) is 0 Å². The van der Waals surface area contributed by atoms with Crippen molar-refractivity contribution in [3.05, 3.63) is 36.7 Å². The highest BCUT2D eigenvalue weighted by Crippen LogP contribution is 1.98. The Morgan fingerprint density at radius 1 is 1.62 bits per heavy atom. The first-order valence-corrected chi connectivity index (χ1v) is 3.99. The van der Waals surface area contributed by atoms with Gasteiger partial charge in [-0.2, -0.15) is 4.57 Å². The van der Waals surface area contributed by atoms with Crippen LogP contribution in [0.3, 0.4) is 0 Å². The van der Waals surface area contributed by atoms with Crippen LogP contribution in [0.15, 0.2) is 31.1 Å². The Morgan fingerprint density at radius 2 is 2.15 bits per heavy atom. The normalized spacial score (nSPS) is 12.1. The van der Waals surface area contributed by atoms with Gasteiger partial charge in [0.25, 0.3) is 0 Å². The standard InChI is InChI=1S/C10H11NO2/c1-3-9-4-6-11(7-5-9)8(2)10(12)13/h3-8H,1H2,2H3. The average Bonchev–Trinajstić information content (AvgIpc) is 2.17. The van der Waals surface area contributed by atoms with E-state index in [1.54, 1.807) is 42.1 Å². The average molecular weight is 177 g/mol. The predicted molar refractivity (Wildman–Crippen MR) is 46.4 cm³/mol. The Balaban J connectivity index is 2.91. The van der Waals surface area contributed by atoms with Gasteiger partial charge in [-0.1, -0.05) is 12.7 Å². The van der Waals surface area contributed by atoms with Crippen LogP contribution in [-0.4, -0.2) is 5.97 Å². The molecule has 1 aromatic heterocycles. The molecule has 0 aliphatic heterocycles. The van der Waals surface area contributed by atoms with Gasteiger partial charge in [0.05, 0.1) is 0 Å². The smallest absolute Gasteiger partial charge is 0.194 e. The third-order valence-electron chi connectivity index (χ3n) is 1.90. The summed E-state index contributed by atoms with van der Waals surface area (Å²) in [5.41, 5.74) is 0.960. The second-order valence-corrected chi connectivity index (χ2v) is 2.78. The molecule has 13 heavy (non-hydrogen) atoms. The first kappa shape index (κ1) is 9.45. The van der Waals surface area contributed by atoms with Crippen molar-refractivity contribution in [2.45, 2.75) is 13.0 Å². The van der Waals surface area contributed by atoms with Crippen LogP contribution < -0.4 is 9.67 Å². The molecule has 0 spiro atoms. The molecular weight excluding hydrogens is 166 g/mol. The number of nitrogens with zero attached hydrogens (tertiary/aromatic N) is 1. The molecule has 68 valence electrons. The Morgan fingerprint density at radius 3 is 2.54 bits per heavy atom. The molecule has 0 aliphatic carbocycles. The Hall–Kier alpha value is -1.64. The molecule has 0 amide bonds. The highest BCUT2D eigenvalue weighted by atomic mass is 16.4. The van der Waals surface area contributed by atoms with Gasteiger partial charge in [-0.15, -0.1) is 0 Å². The Bertz CT molecular complexity index is 316. The van der Waals surface area contributed by atoms with Crippen LogP contribution in [0, 0.1) is 0 Å². The molecule has 0 bridgehead atoms. The quantitative estimate of drug-likeness (QED) is 0.606. The van der Waals surface area contributed by atoms with Gasteiger partial charge in [-0.25, -0.2) is 0 Å². The number of aromatic nitrogens is 1. The second-order valence-electron chi connectivity index (χ2n) is 2.78. The third kappa shape index (κ3) is 2.15. The van der Waals surface area contributed by atoms with Gasteiger partial charge < -0.3 is 9.90 Å². The van der Waals surface area contributed by atoms with E-state index in [9.17, 15) is 9.90 Å². The molecule has 0 radical (unpaired) electrons. The monoisotopic (exact) mass is 177 g/mol. The van der Waals surface area contributed by atoms with E-state index in [4.69, 9.17) is 0 Å². The van der Waals surface area contributed by atoms with Gasteiger partial charge in [0.15, 0.2) is 18.4 Å². The maximum absolute atomic E-state index is 10.5. The summed E-state index contributed by atoms with van der Waals surface area (Å²) in [6, 6.07) is 2.96. The number of hydrogen-bond acceptors (Lipinski definition) is 2. The van der Waals surface area contributed by atoms with E-state index in [2.05, 4.69) is 6.58 Å². The van der Waals surface area contributed by atoms with Gasteiger partial charge in [-0.05, 0) is 5.56 Å². The van der Waals surface area contributed by atoms with Crippen LogP contribution in [0.1, 0.15) is 18.5 Å². The zero-order valence-electron chi connectivity index (χ0n) is 7.43. The van der Waals surface area contributed by atoms with Crippen molar-refractivity contribution in [3.8, 4) is 0 Å². The van der Waals surface area contributed by atoms with Crippen molar-refractivity contribution in [1.29, 1.82) is 0 Å². The van der Waals surface area contributed by atoms with E-state index in [1.807, 2.05) is 0 Å². The summed E-state index contributed by atoms with van der Waals surface area (Å²) >= 11 is 0. The molecule has 1 atom stereocenters. The summed E-state index contributed by atoms with van der Waals surface area (Å²) in [7, 11) is 0. The molecule has 0 aromatic carbocycles. The molecule has 3 nitrogen and oxygen atoms in total. The molecule has 0 aliphatic rings. The molecule has 1 heterocycles. The van der Waals surface area contributed by atoms with Crippen LogP contribution >= 0.6 is 0 Å². The molecule has 1 rings (SSSR count). The van der Waals surface area contributed by atoms with Gasteiger partial charge >= 0.3 is 0 Å². The molecule has 0 saturated carbocycles. The zero-order chi connectivity index (χ0) is 9.84. The van der Waals surface area contributed by atoms with Gasteiger partial charge in [-0.3, -0.25) is 0 Å². The summed E-state index contributed by atoms with van der Waals surface area (Å²) < 4.78 is 1.57. The van der Waals surface area contributed by atoms with Crippen molar-refractivity contribution in [1.82, 2.24) is 0 Å². The lowest BCUT2D eigenvalue weighted by atomic mass is 10.2. The van der Waals surface area contributed by atoms with Crippen LogP contribution in [0.25, 0.3) is 6.08 Å². The predicted octanol–water partition coefficient (Wildman–Crippen LogP) is -0.0720. The first-order valence-electron chi connectivity index (χ1n) is 3.99. The molecule has 0 saturated heterocycles. The lowest BCUT2D eigenvalue weighted by Crippen LogP contribution is -2.47. The van der Waals surface area contributed by atoms with E-state index in [0.29, 0.717) is 0 Å². The number of carbonyl (C=O) groups is 1. The van der Waals surface area contributed by atoms with Gasteiger partial charge in [0.1, 0.15) is 5.97 Å². The van der Waals surface area contributed by atoms with Gasteiger partial charge in [0.2, 0.25) is 0 Å². The van der Waals surface area contributed by atoms with Crippen molar-refractivity contribution < 1.29 is 14.5 Å². The summed E-state index contributed by atoms with van der Waals surface area (Å²) in [6.07, 6.45) is 5.09. The molecule has 1 unspecified atom stereocenters. The fraction of sp³-hybridized carbons (Fsp3) is 0.200. The fourth-order valence-corrected chi connectivity index (χ4v) is 0.966. The summed E-state index contributed by atoms with van der Waals surface area (Å²) in [4.78, 5) is 10.5. The number of carboxylic acids is 1. The molecule has 1 aromatic rings. The van der Waals surface area contributed by atoms with Crippen LogP contribution in [-0.2, 0) is 4.79 Å². The summed E-state index contributed by atoms with van der Waals surface area (Å²) in [6.45, 7) is 5.17. The minimum absolute atomic E-state index is 0.640. The third-order valence-corrected chi connectivity index (χ3v) is 1.90. The number of rotatable bonds is 3. The fourth-order valence-electron chi connectivity index (χ4n) is 0.966. The highest BCUT2D eigenvalue weighted by Gasteiger charge is 2.11. The van der Waals surface area contributed by atoms with Crippen LogP contribution in [0.4, 0.5) is 0 Å². The Labute approximate surface area is 77.0 Å². The molecule has 0 N–H and O–H groups in total. The van der Waals surface area contributed by atoms with Gasteiger partial charge in [0, 0.05) is 19.1 Å². The van der Waals surface area contributed by atoms with E-state index >= 15 is 0 Å². The van der Waals surface area contributed by atoms with E-state index < -0.39 is 12.0 Å². The van der Waals surface area contributed by atoms with E-state index in [0.717, 1.165) is 5.56 Å². The zero-order valence-corrected chi connectivity index (χ0v) is 7.43. The van der Waals surface area contributed by atoms with E-state index in [-0.39, 0.29) is 0 Å². The number of aliphatic carboxylic acids is 1. The first-order chi connectivity index (χ1) is 6.15. The van der Waals surface area contributed by atoms with Crippen LogP contribution in [0.2, 0.25) is 0 Å². The molecule has 3 heteroatoms. The largest absolute Gasteiger partial charge is 0.543 e. The summed E-state index contributed by atoms with van der Waals surface area (Å²) in [5, 5.41) is 10.5. The number of pyridine rings is 1. The minimum atomic E-state index is -1.09. The molecular formula is C10H11NO2. The van der Waals surface area contributed by atoms with Crippen molar-refractivity contribution >= 4 is 12.0 Å². The minimum Gasteiger partial charge on any atom is -0.543 e. The maximum Gasteiger partial charge on any atom is 0.194 e. The van der Waals surface area contributed by atoms with Crippen molar-refractivity contribution in [3.63, 3.8) is 0 Å². The number of carbonyl (C=O) groups excluding carboxylic acids is 1. The Kier molecular flexibility index (Phi) is 2.80. The lowest BCUT2D eigenvalue weighted by Gasteiger charge is -2.06. The maximum atomic E-state index is 10.5. The SMILES string of the molecule is C=Cc1cc[n+](C(C)C(=O)[O-])cc1.